The second-order valence-corrected chi connectivity index (χ2v) is 3.68. The zero-order valence-electron chi connectivity index (χ0n) is 8.22. The van der Waals surface area contributed by atoms with Gasteiger partial charge in [0.15, 0.2) is 0 Å². The number of aliphatic carboxylic acids is 1. The number of carboxylic acid groups (broad SMARTS) is 1. The summed E-state index contributed by atoms with van der Waals surface area (Å²) in [6, 6.07) is 0. The molecule has 0 aliphatic carbocycles. The molecule has 1 rings (SSSR count). The van der Waals surface area contributed by atoms with Crippen LogP contribution in [0.2, 0.25) is 0 Å². The maximum atomic E-state index is 10.4. The van der Waals surface area contributed by atoms with E-state index in [1.807, 2.05) is 0 Å². The average Bonchev–Trinajstić information content (AvgIpc) is 2.17. The number of likely N-dealkylation sites (tertiary alicyclic amines) is 1. The van der Waals surface area contributed by atoms with Crippen molar-refractivity contribution < 1.29 is 9.90 Å². The van der Waals surface area contributed by atoms with Crippen LogP contribution in [0.5, 0.6) is 0 Å². The van der Waals surface area contributed by atoms with Gasteiger partial charge in [-0.25, -0.2) is 0 Å². The molecular formula is C9H17N3O2. The Bertz CT molecular complexity index is 210. The molecule has 14 heavy (non-hydrogen) atoms. The van der Waals surface area contributed by atoms with Crippen molar-refractivity contribution in [1.29, 1.82) is 0 Å². The normalized spacial score (nSPS) is 19.0. The fourth-order valence-electron chi connectivity index (χ4n) is 1.78. The largest absolute Gasteiger partial charge is 0.481 e. The van der Waals surface area contributed by atoms with Gasteiger partial charge in [0.05, 0.1) is 0 Å². The summed E-state index contributed by atoms with van der Waals surface area (Å²) in [4.78, 5) is 12.4. The number of carboxylic acids is 1. The van der Waals surface area contributed by atoms with Crippen LogP contribution in [0.4, 0.5) is 0 Å². The van der Waals surface area contributed by atoms with Gasteiger partial charge in [0, 0.05) is 19.5 Å². The lowest BCUT2D eigenvalue weighted by molar-refractivity contribution is -0.137. The van der Waals surface area contributed by atoms with E-state index in [0.717, 1.165) is 32.4 Å². The van der Waals surface area contributed by atoms with Gasteiger partial charge in [0.2, 0.25) is 0 Å². The van der Waals surface area contributed by atoms with Gasteiger partial charge in [-0.05, 0) is 25.2 Å². The van der Waals surface area contributed by atoms with E-state index in [1.54, 1.807) is 6.34 Å². The Balaban J connectivity index is 2.18. The van der Waals surface area contributed by atoms with Gasteiger partial charge in [-0.1, -0.05) is 0 Å². The van der Waals surface area contributed by atoms with Gasteiger partial charge in [-0.2, -0.15) is 5.10 Å². The van der Waals surface area contributed by atoms with Crippen LogP contribution in [0.25, 0.3) is 0 Å². The number of nitrogens with zero attached hydrogens (tertiary/aromatic N) is 2. The zero-order valence-corrected chi connectivity index (χ0v) is 8.22. The minimum absolute atomic E-state index is 0.287. The van der Waals surface area contributed by atoms with Gasteiger partial charge in [-0.15, -0.1) is 0 Å². The van der Waals surface area contributed by atoms with Gasteiger partial charge in [-0.3, -0.25) is 4.79 Å². The molecular weight excluding hydrogens is 182 g/mol. The number of carbonyl (C=O) groups is 1. The predicted molar refractivity (Wildman–Crippen MR) is 53.8 cm³/mol. The summed E-state index contributed by atoms with van der Waals surface area (Å²) in [5.74, 6) is 4.89. The molecule has 1 heterocycles. The molecule has 1 aliphatic heterocycles. The highest BCUT2D eigenvalue weighted by atomic mass is 16.4. The van der Waals surface area contributed by atoms with Crippen molar-refractivity contribution in [3.05, 3.63) is 0 Å². The van der Waals surface area contributed by atoms with Gasteiger partial charge in [0.25, 0.3) is 0 Å². The van der Waals surface area contributed by atoms with Crippen LogP contribution in [0, 0.1) is 5.92 Å². The fraction of sp³-hybridized carbons (Fsp3) is 0.778. The highest BCUT2D eigenvalue weighted by molar-refractivity contribution is 5.66. The number of hydrazone groups is 1. The molecule has 5 heteroatoms. The second-order valence-electron chi connectivity index (χ2n) is 3.68. The molecule has 0 spiro atoms. The number of rotatable bonds is 4. The Labute approximate surface area is 83.6 Å². The molecule has 80 valence electrons. The SMILES string of the molecule is NN=CN1CCC(CCC(=O)O)CC1. The molecule has 0 atom stereocenters. The van der Waals surface area contributed by atoms with Crippen molar-refractivity contribution in [3.63, 3.8) is 0 Å². The molecule has 1 fully saturated rings. The van der Waals surface area contributed by atoms with Crippen molar-refractivity contribution in [2.24, 2.45) is 16.9 Å². The van der Waals surface area contributed by atoms with Crippen molar-refractivity contribution in [3.8, 4) is 0 Å². The zero-order chi connectivity index (χ0) is 10.4. The lowest BCUT2D eigenvalue weighted by atomic mass is 9.92. The van der Waals surface area contributed by atoms with Crippen LogP contribution < -0.4 is 5.84 Å². The van der Waals surface area contributed by atoms with Crippen LogP contribution in [-0.2, 0) is 4.79 Å². The summed E-state index contributed by atoms with van der Waals surface area (Å²) in [6.45, 7) is 1.87. The minimum Gasteiger partial charge on any atom is -0.481 e. The molecule has 0 aromatic carbocycles. The summed E-state index contributed by atoms with van der Waals surface area (Å²) in [6.07, 6.45) is 4.81. The number of nitrogens with two attached hydrogens (primary N) is 1. The Kier molecular flexibility index (Phi) is 4.22. The summed E-state index contributed by atoms with van der Waals surface area (Å²) < 4.78 is 0. The van der Waals surface area contributed by atoms with Crippen LogP contribution >= 0.6 is 0 Å². The smallest absolute Gasteiger partial charge is 0.303 e. The van der Waals surface area contributed by atoms with Crippen molar-refractivity contribution in [1.82, 2.24) is 4.90 Å². The molecule has 0 unspecified atom stereocenters. The molecule has 3 N–H and O–H groups in total. The average molecular weight is 199 g/mol. The van der Waals surface area contributed by atoms with E-state index in [-0.39, 0.29) is 6.42 Å². The van der Waals surface area contributed by atoms with Crippen LogP contribution in [0.1, 0.15) is 25.7 Å². The number of hydrogen-bond acceptors (Lipinski definition) is 3. The third-order valence-corrected chi connectivity index (χ3v) is 2.65. The quantitative estimate of drug-likeness (QED) is 0.298. The van der Waals surface area contributed by atoms with E-state index in [1.165, 1.54) is 0 Å². The number of piperidine rings is 1. The summed E-state index contributed by atoms with van der Waals surface area (Å²) >= 11 is 0. The van der Waals surface area contributed by atoms with Crippen LogP contribution in [-0.4, -0.2) is 35.4 Å². The standard InChI is InChI=1S/C9H17N3O2/c10-11-7-12-5-3-8(4-6-12)1-2-9(13)14/h7-8H,1-6,10H2,(H,13,14). The third kappa shape index (κ3) is 3.64. The summed E-state index contributed by atoms with van der Waals surface area (Å²) in [5, 5.41) is 12.0. The van der Waals surface area contributed by atoms with E-state index in [4.69, 9.17) is 10.9 Å². The van der Waals surface area contributed by atoms with E-state index in [2.05, 4.69) is 10.0 Å². The molecule has 1 saturated heterocycles. The van der Waals surface area contributed by atoms with Gasteiger partial charge in [0.1, 0.15) is 6.34 Å². The fourth-order valence-corrected chi connectivity index (χ4v) is 1.78. The Morgan fingerprint density at radius 3 is 2.71 bits per heavy atom. The first-order valence-electron chi connectivity index (χ1n) is 4.91. The highest BCUT2D eigenvalue weighted by Crippen LogP contribution is 2.20. The Morgan fingerprint density at radius 1 is 1.57 bits per heavy atom. The van der Waals surface area contributed by atoms with E-state index < -0.39 is 5.97 Å². The van der Waals surface area contributed by atoms with Gasteiger partial charge < -0.3 is 15.8 Å². The molecule has 5 nitrogen and oxygen atoms in total. The number of hydrogen-bond donors (Lipinski definition) is 2. The maximum absolute atomic E-state index is 10.4. The predicted octanol–water partition coefficient (Wildman–Crippen LogP) is 0.465. The van der Waals surface area contributed by atoms with E-state index in [0.29, 0.717) is 5.92 Å². The molecule has 0 amide bonds. The van der Waals surface area contributed by atoms with E-state index >= 15 is 0 Å². The first kappa shape index (κ1) is 10.8. The summed E-state index contributed by atoms with van der Waals surface area (Å²) in [5.41, 5.74) is 0. The van der Waals surface area contributed by atoms with Crippen LogP contribution in [0.15, 0.2) is 5.10 Å². The Hall–Kier alpha value is -1.26. The second kappa shape index (κ2) is 5.47. The maximum Gasteiger partial charge on any atom is 0.303 e. The summed E-state index contributed by atoms with van der Waals surface area (Å²) in [7, 11) is 0. The Morgan fingerprint density at radius 2 is 2.21 bits per heavy atom. The molecule has 0 radical (unpaired) electrons. The highest BCUT2D eigenvalue weighted by Gasteiger charge is 2.17. The van der Waals surface area contributed by atoms with Gasteiger partial charge >= 0.3 is 5.97 Å². The monoisotopic (exact) mass is 199 g/mol. The first-order valence-corrected chi connectivity index (χ1v) is 4.91. The lowest BCUT2D eigenvalue weighted by Crippen LogP contribution is -2.33. The molecule has 0 saturated carbocycles. The van der Waals surface area contributed by atoms with Crippen LogP contribution in [0.3, 0.4) is 0 Å². The molecule has 0 aromatic rings. The van der Waals surface area contributed by atoms with Crippen molar-refractivity contribution >= 4 is 12.3 Å². The topological polar surface area (TPSA) is 78.9 Å². The lowest BCUT2D eigenvalue weighted by Gasteiger charge is -2.29. The minimum atomic E-state index is -0.698. The van der Waals surface area contributed by atoms with Crippen molar-refractivity contribution in [2.45, 2.75) is 25.7 Å². The van der Waals surface area contributed by atoms with E-state index in [9.17, 15) is 4.79 Å². The first-order chi connectivity index (χ1) is 6.72. The molecule has 0 aromatic heterocycles. The van der Waals surface area contributed by atoms with Crippen molar-refractivity contribution in [2.75, 3.05) is 13.1 Å². The molecule has 0 bridgehead atoms. The molecule has 1 aliphatic rings. The third-order valence-electron chi connectivity index (χ3n) is 2.65.